The topological polar surface area (TPSA) is 24.7 Å². The largest absolute Gasteiger partial charge is 0.468 e. The molecule has 0 spiro atoms. The lowest BCUT2D eigenvalue weighted by molar-refractivity contribution is -0.863. The first-order chi connectivity index (χ1) is 4.33. The average Bonchev–Trinajstić information content (AvgIpc) is 1.88. The number of hydrogen-bond acceptors (Lipinski definition) is 1. The molecule has 1 heterocycles. The van der Waals surface area contributed by atoms with Crippen molar-refractivity contribution < 1.29 is 10.0 Å². The first-order valence-corrected chi connectivity index (χ1v) is 3.60. The molecule has 1 unspecified atom stereocenters. The minimum Gasteiger partial charge on any atom is -0.468 e. The predicted octanol–water partition coefficient (Wildman–Crippen LogP) is -0.935. The van der Waals surface area contributed by atoms with Crippen LogP contribution in [0.15, 0.2) is 0 Å². The minimum absolute atomic E-state index is 0.346. The van der Waals surface area contributed by atoms with E-state index in [0.29, 0.717) is 12.5 Å². The Balaban J connectivity index is 2.23. The molecule has 0 amide bonds. The third-order valence-corrected chi connectivity index (χ3v) is 1.98. The molecule has 0 saturated carbocycles. The summed E-state index contributed by atoms with van der Waals surface area (Å²) < 4.78 is 0. The Kier molecular flexibility index (Phi) is 2.49. The molecule has 0 radical (unpaired) electrons. The first-order valence-electron chi connectivity index (χ1n) is 3.60. The predicted molar refractivity (Wildman–Crippen MR) is 35.9 cm³/mol. The van der Waals surface area contributed by atoms with E-state index < -0.39 is 0 Å². The molecule has 2 heteroatoms. The summed E-state index contributed by atoms with van der Waals surface area (Å²) in [6.45, 7) is 2.58. The lowest BCUT2D eigenvalue weighted by Crippen LogP contribution is -3.08. The molecule has 0 bridgehead atoms. The van der Waals surface area contributed by atoms with Gasteiger partial charge in [-0.15, -0.1) is 0 Å². The summed E-state index contributed by atoms with van der Waals surface area (Å²) in [6.07, 6.45) is 2.42. The molecular weight excluding hydrogens is 114 g/mol. The molecular formula is C7H15NO. The summed E-state index contributed by atoms with van der Waals surface area (Å²) in [5.74, 6) is 0.520. The van der Waals surface area contributed by atoms with Gasteiger partial charge in [-0.1, -0.05) is 0 Å². The number of quaternary nitrogens is 1. The zero-order chi connectivity index (χ0) is 6.69. The highest BCUT2D eigenvalue weighted by atomic mass is 16.3. The third-order valence-electron chi connectivity index (χ3n) is 1.98. The van der Waals surface area contributed by atoms with Crippen molar-refractivity contribution >= 4 is 0 Å². The van der Waals surface area contributed by atoms with Crippen molar-refractivity contribution in [2.45, 2.75) is 12.8 Å². The highest BCUT2D eigenvalue weighted by Gasteiger charge is 2.15. The number of aliphatic hydroxyl groups is 1. The fourth-order valence-electron chi connectivity index (χ4n) is 1.41. The van der Waals surface area contributed by atoms with Gasteiger partial charge in [-0.2, -0.15) is 7.05 Å². The van der Waals surface area contributed by atoms with E-state index in [1.54, 1.807) is 0 Å². The standard InChI is InChI=1S/C7H15NO/c1-8-4-2-3-7(5-8)6-9/h7-9H,1-6H2/t7-/m0/s1. The van der Waals surface area contributed by atoms with Gasteiger partial charge in [0, 0.05) is 5.92 Å². The van der Waals surface area contributed by atoms with Crippen LogP contribution in [0.2, 0.25) is 0 Å². The second kappa shape index (κ2) is 3.18. The molecule has 1 aliphatic rings. The van der Waals surface area contributed by atoms with Gasteiger partial charge < -0.3 is 10.0 Å². The van der Waals surface area contributed by atoms with E-state index in [4.69, 9.17) is 5.11 Å². The van der Waals surface area contributed by atoms with Gasteiger partial charge in [-0.3, -0.25) is 0 Å². The average molecular weight is 129 g/mol. The van der Waals surface area contributed by atoms with Crippen molar-refractivity contribution in [3.8, 4) is 0 Å². The molecule has 1 fully saturated rings. The molecule has 54 valence electrons. The van der Waals surface area contributed by atoms with Crippen LogP contribution < -0.4 is 4.90 Å². The minimum atomic E-state index is 0.346. The number of aliphatic hydroxyl groups excluding tert-OH is 1. The summed E-state index contributed by atoms with van der Waals surface area (Å²) >= 11 is 0. The van der Waals surface area contributed by atoms with Crippen molar-refractivity contribution in [3.63, 3.8) is 0 Å². The molecule has 9 heavy (non-hydrogen) atoms. The highest BCUT2D eigenvalue weighted by molar-refractivity contribution is 4.59. The third kappa shape index (κ3) is 1.95. The van der Waals surface area contributed by atoms with Crippen LogP contribution in [0.4, 0.5) is 0 Å². The van der Waals surface area contributed by atoms with Gasteiger partial charge in [0.25, 0.3) is 0 Å². The SMILES string of the molecule is [CH2-][NH+]1CCC[C@H](CO)C1. The van der Waals surface area contributed by atoms with Crippen LogP contribution in [0, 0.1) is 13.0 Å². The van der Waals surface area contributed by atoms with Gasteiger partial charge in [0.2, 0.25) is 0 Å². The monoisotopic (exact) mass is 129 g/mol. The van der Waals surface area contributed by atoms with E-state index in [-0.39, 0.29) is 0 Å². The second-order valence-corrected chi connectivity index (χ2v) is 2.89. The number of hydrogen-bond donors (Lipinski definition) is 2. The van der Waals surface area contributed by atoms with Gasteiger partial charge >= 0.3 is 0 Å². The molecule has 2 nitrogen and oxygen atoms in total. The fraction of sp³-hybridized carbons (Fsp3) is 0.857. The van der Waals surface area contributed by atoms with Crippen molar-refractivity contribution in [2.24, 2.45) is 5.92 Å². The van der Waals surface area contributed by atoms with Crippen molar-refractivity contribution in [3.05, 3.63) is 7.05 Å². The van der Waals surface area contributed by atoms with Gasteiger partial charge in [-0.05, 0) is 12.8 Å². The lowest BCUT2D eigenvalue weighted by atomic mass is 10.00. The van der Waals surface area contributed by atoms with E-state index in [1.807, 2.05) is 0 Å². The number of piperidine rings is 1. The van der Waals surface area contributed by atoms with E-state index in [2.05, 4.69) is 7.05 Å². The quantitative estimate of drug-likeness (QED) is 0.439. The van der Waals surface area contributed by atoms with Crippen molar-refractivity contribution in [2.75, 3.05) is 19.7 Å². The molecule has 2 N–H and O–H groups in total. The van der Waals surface area contributed by atoms with Gasteiger partial charge in [0.05, 0.1) is 19.7 Å². The van der Waals surface area contributed by atoms with Crippen LogP contribution in [0.3, 0.4) is 0 Å². The molecule has 0 aromatic rings. The Bertz CT molecular complexity index is 85.0. The van der Waals surface area contributed by atoms with E-state index in [0.717, 1.165) is 6.54 Å². The Labute approximate surface area is 56.5 Å². The molecule has 0 aromatic carbocycles. The van der Waals surface area contributed by atoms with Gasteiger partial charge in [0.15, 0.2) is 0 Å². The summed E-state index contributed by atoms with van der Waals surface area (Å²) in [7, 11) is 3.90. The van der Waals surface area contributed by atoms with E-state index in [9.17, 15) is 0 Å². The number of nitrogens with one attached hydrogen (secondary N) is 1. The number of rotatable bonds is 1. The molecule has 0 aliphatic carbocycles. The maximum atomic E-state index is 8.77. The van der Waals surface area contributed by atoms with Crippen molar-refractivity contribution in [1.29, 1.82) is 0 Å². The summed E-state index contributed by atoms with van der Waals surface area (Å²) in [5, 5.41) is 8.77. The molecule has 0 aromatic heterocycles. The Morgan fingerprint density at radius 3 is 2.89 bits per heavy atom. The maximum Gasteiger partial charge on any atom is 0.0581 e. The van der Waals surface area contributed by atoms with Crippen LogP contribution in [0.1, 0.15) is 12.8 Å². The van der Waals surface area contributed by atoms with Gasteiger partial charge in [-0.25, -0.2) is 0 Å². The zero-order valence-electron chi connectivity index (χ0n) is 5.77. The molecule has 1 rings (SSSR count). The maximum absolute atomic E-state index is 8.77. The zero-order valence-corrected chi connectivity index (χ0v) is 5.77. The summed E-state index contributed by atoms with van der Waals surface area (Å²) in [6, 6.07) is 0. The van der Waals surface area contributed by atoms with Crippen LogP contribution in [0.5, 0.6) is 0 Å². The van der Waals surface area contributed by atoms with Crippen LogP contribution in [0.25, 0.3) is 0 Å². The second-order valence-electron chi connectivity index (χ2n) is 2.89. The Morgan fingerprint density at radius 2 is 2.44 bits per heavy atom. The van der Waals surface area contributed by atoms with Gasteiger partial charge in [0.1, 0.15) is 0 Å². The highest BCUT2D eigenvalue weighted by Crippen LogP contribution is 2.04. The fourth-order valence-corrected chi connectivity index (χ4v) is 1.41. The van der Waals surface area contributed by atoms with E-state index in [1.165, 1.54) is 24.3 Å². The van der Waals surface area contributed by atoms with Crippen LogP contribution >= 0.6 is 0 Å². The molecule has 1 aliphatic heterocycles. The summed E-state index contributed by atoms with van der Waals surface area (Å²) in [5.41, 5.74) is 0. The molecule has 2 atom stereocenters. The molecule has 1 saturated heterocycles. The first kappa shape index (κ1) is 7.03. The summed E-state index contributed by atoms with van der Waals surface area (Å²) in [4.78, 5) is 1.32. The lowest BCUT2D eigenvalue weighted by Gasteiger charge is -2.30. The van der Waals surface area contributed by atoms with Crippen molar-refractivity contribution in [1.82, 2.24) is 0 Å². The normalized spacial score (nSPS) is 36.7. The Morgan fingerprint density at radius 1 is 1.67 bits per heavy atom. The van der Waals surface area contributed by atoms with Crippen LogP contribution in [-0.2, 0) is 0 Å². The van der Waals surface area contributed by atoms with E-state index >= 15 is 0 Å². The smallest absolute Gasteiger partial charge is 0.0581 e. The number of likely N-dealkylation sites (tertiary alicyclic amines) is 1. The Hall–Kier alpha value is -0.0800. The van der Waals surface area contributed by atoms with Crippen LogP contribution in [-0.4, -0.2) is 24.8 Å².